The number of benzene rings is 1. The molecule has 2 rings (SSSR count). The van der Waals surface area contributed by atoms with E-state index in [2.05, 4.69) is 18.3 Å². The second-order valence-corrected chi connectivity index (χ2v) is 5.31. The lowest BCUT2D eigenvalue weighted by Gasteiger charge is -2.19. The summed E-state index contributed by atoms with van der Waals surface area (Å²) in [6, 6.07) is 6.61. The van der Waals surface area contributed by atoms with E-state index in [4.69, 9.17) is 14.2 Å². The monoisotopic (exact) mass is 279 g/mol. The van der Waals surface area contributed by atoms with Crippen LogP contribution in [0.15, 0.2) is 18.2 Å². The van der Waals surface area contributed by atoms with Gasteiger partial charge in [0.25, 0.3) is 0 Å². The summed E-state index contributed by atoms with van der Waals surface area (Å²) in [6.07, 6.45) is 2.16. The molecular formula is C16H25NO3. The van der Waals surface area contributed by atoms with Gasteiger partial charge in [-0.3, -0.25) is 0 Å². The Kier molecular flexibility index (Phi) is 5.68. The number of methoxy groups -OCH3 is 2. The summed E-state index contributed by atoms with van der Waals surface area (Å²) in [5, 5.41) is 3.59. The number of nitrogens with one attached hydrogen (secondary N) is 1. The predicted octanol–water partition coefficient (Wildman–Crippen LogP) is 2.26. The third kappa shape index (κ3) is 3.87. The molecule has 112 valence electrons. The van der Waals surface area contributed by atoms with Crippen LogP contribution in [0.3, 0.4) is 0 Å². The maximum atomic E-state index is 5.43. The van der Waals surface area contributed by atoms with E-state index in [1.165, 1.54) is 12.0 Å². The molecule has 0 saturated carbocycles. The fraction of sp³-hybridized carbons (Fsp3) is 0.625. The van der Waals surface area contributed by atoms with E-state index in [0.29, 0.717) is 12.0 Å². The molecule has 20 heavy (non-hydrogen) atoms. The molecule has 1 aliphatic rings. The predicted molar refractivity (Wildman–Crippen MR) is 79.6 cm³/mol. The van der Waals surface area contributed by atoms with Crippen LogP contribution in [-0.2, 0) is 11.2 Å². The summed E-state index contributed by atoms with van der Waals surface area (Å²) in [5.74, 6) is 2.23. The third-order valence-corrected chi connectivity index (χ3v) is 4.00. The third-order valence-electron chi connectivity index (χ3n) is 4.00. The largest absolute Gasteiger partial charge is 0.493 e. The fourth-order valence-electron chi connectivity index (χ4n) is 2.59. The van der Waals surface area contributed by atoms with Gasteiger partial charge in [0.2, 0.25) is 0 Å². The SMILES string of the molecule is COc1ccc(CCNC(C)C2CCOC2)cc1OC. The summed E-state index contributed by atoms with van der Waals surface area (Å²) >= 11 is 0. The van der Waals surface area contributed by atoms with Crippen molar-refractivity contribution in [1.82, 2.24) is 5.32 Å². The zero-order valence-electron chi connectivity index (χ0n) is 12.6. The topological polar surface area (TPSA) is 39.7 Å². The van der Waals surface area contributed by atoms with Crippen molar-refractivity contribution in [2.24, 2.45) is 5.92 Å². The Bertz CT molecular complexity index is 416. The van der Waals surface area contributed by atoms with Gasteiger partial charge >= 0.3 is 0 Å². The highest BCUT2D eigenvalue weighted by molar-refractivity contribution is 5.42. The van der Waals surface area contributed by atoms with Crippen LogP contribution in [0, 0.1) is 5.92 Å². The molecular weight excluding hydrogens is 254 g/mol. The molecule has 1 heterocycles. The van der Waals surface area contributed by atoms with Crippen molar-refractivity contribution in [3.05, 3.63) is 23.8 Å². The van der Waals surface area contributed by atoms with Gasteiger partial charge in [-0.15, -0.1) is 0 Å². The summed E-state index contributed by atoms with van der Waals surface area (Å²) in [5.41, 5.74) is 1.25. The van der Waals surface area contributed by atoms with E-state index < -0.39 is 0 Å². The van der Waals surface area contributed by atoms with Crippen molar-refractivity contribution in [3.63, 3.8) is 0 Å². The van der Waals surface area contributed by atoms with Crippen molar-refractivity contribution >= 4 is 0 Å². The van der Waals surface area contributed by atoms with Crippen LogP contribution in [0.25, 0.3) is 0 Å². The highest BCUT2D eigenvalue weighted by Crippen LogP contribution is 2.27. The van der Waals surface area contributed by atoms with Crippen molar-refractivity contribution in [2.45, 2.75) is 25.8 Å². The molecule has 2 unspecified atom stereocenters. The Hall–Kier alpha value is -1.26. The van der Waals surface area contributed by atoms with E-state index in [9.17, 15) is 0 Å². The maximum absolute atomic E-state index is 5.43. The van der Waals surface area contributed by atoms with Crippen molar-refractivity contribution in [3.8, 4) is 11.5 Å². The van der Waals surface area contributed by atoms with E-state index in [1.807, 2.05) is 12.1 Å². The summed E-state index contributed by atoms with van der Waals surface area (Å²) in [7, 11) is 3.33. The lowest BCUT2D eigenvalue weighted by atomic mass is 10.0. The molecule has 1 aromatic rings. The standard InChI is InChI=1S/C16H25NO3/c1-12(14-7-9-20-11-14)17-8-6-13-4-5-15(18-2)16(10-13)19-3/h4-5,10,12,14,17H,6-9,11H2,1-3H3. The Labute approximate surface area is 121 Å². The summed E-state index contributed by atoms with van der Waals surface area (Å²) in [4.78, 5) is 0. The van der Waals surface area contributed by atoms with E-state index in [-0.39, 0.29) is 0 Å². The normalized spacial score (nSPS) is 19.9. The zero-order valence-corrected chi connectivity index (χ0v) is 12.6. The van der Waals surface area contributed by atoms with Gasteiger partial charge in [-0.2, -0.15) is 0 Å². The molecule has 4 heteroatoms. The summed E-state index contributed by atoms with van der Waals surface area (Å²) < 4.78 is 16.0. The number of ether oxygens (including phenoxy) is 3. The van der Waals surface area contributed by atoms with Gasteiger partial charge in [-0.05, 0) is 49.9 Å². The molecule has 0 spiro atoms. The first-order valence-corrected chi connectivity index (χ1v) is 7.26. The van der Waals surface area contributed by atoms with E-state index in [0.717, 1.165) is 37.7 Å². The van der Waals surface area contributed by atoms with Crippen LogP contribution < -0.4 is 14.8 Å². The first-order valence-electron chi connectivity index (χ1n) is 7.26. The number of hydrogen-bond donors (Lipinski definition) is 1. The molecule has 1 aliphatic heterocycles. The smallest absolute Gasteiger partial charge is 0.160 e. The second kappa shape index (κ2) is 7.50. The Morgan fingerprint density at radius 1 is 1.30 bits per heavy atom. The van der Waals surface area contributed by atoms with Crippen molar-refractivity contribution in [1.29, 1.82) is 0 Å². The molecule has 1 N–H and O–H groups in total. The maximum Gasteiger partial charge on any atom is 0.160 e. The van der Waals surface area contributed by atoms with Crippen LogP contribution in [0.2, 0.25) is 0 Å². The average Bonchev–Trinajstić information content (AvgIpc) is 3.01. The lowest BCUT2D eigenvalue weighted by Crippen LogP contribution is -2.35. The molecule has 1 fully saturated rings. The number of hydrogen-bond acceptors (Lipinski definition) is 4. The quantitative estimate of drug-likeness (QED) is 0.831. The van der Waals surface area contributed by atoms with Gasteiger partial charge in [0, 0.05) is 12.6 Å². The highest BCUT2D eigenvalue weighted by Gasteiger charge is 2.21. The molecule has 0 aliphatic carbocycles. The highest BCUT2D eigenvalue weighted by atomic mass is 16.5. The molecule has 0 amide bonds. The Morgan fingerprint density at radius 2 is 2.10 bits per heavy atom. The Morgan fingerprint density at radius 3 is 2.75 bits per heavy atom. The van der Waals surface area contributed by atoms with E-state index >= 15 is 0 Å². The van der Waals surface area contributed by atoms with Gasteiger partial charge in [-0.25, -0.2) is 0 Å². The minimum atomic E-state index is 0.512. The van der Waals surface area contributed by atoms with E-state index in [1.54, 1.807) is 14.2 Å². The van der Waals surface area contributed by atoms with Crippen LogP contribution in [-0.4, -0.2) is 40.0 Å². The molecule has 0 radical (unpaired) electrons. The van der Waals surface area contributed by atoms with Crippen LogP contribution in [0.5, 0.6) is 11.5 Å². The molecule has 4 nitrogen and oxygen atoms in total. The molecule has 0 bridgehead atoms. The first kappa shape index (κ1) is 15.1. The molecule has 0 aromatic heterocycles. The van der Waals surface area contributed by atoms with Crippen molar-refractivity contribution in [2.75, 3.05) is 34.0 Å². The lowest BCUT2D eigenvalue weighted by molar-refractivity contribution is 0.178. The van der Waals surface area contributed by atoms with Crippen LogP contribution in [0.4, 0.5) is 0 Å². The number of rotatable bonds is 7. The molecule has 2 atom stereocenters. The van der Waals surface area contributed by atoms with Gasteiger partial charge in [0.05, 0.1) is 20.8 Å². The van der Waals surface area contributed by atoms with Gasteiger partial charge < -0.3 is 19.5 Å². The van der Waals surface area contributed by atoms with Gasteiger partial charge in [-0.1, -0.05) is 6.07 Å². The van der Waals surface area contributed by atoms with Crippen molar-refractivity contribution < 1.29 is 14.2 Å². The molecule has 1 saturated heterocycles. The zero-order chi connectivity index (χ0) is 14.4. The average molecular weight is 279 g/mol. The van der Waals surface area contributed by atoms with Gasteiger partial charge in [0.1, 0.15) is 0 Å². The minimum Gasteiger partial charge on any atom is -0.493 e. The second-order valence-electron chi connectivity index (χ2n) is 5.31. The summed E-state index contributed by atoms with van der Waals surface area (Å²) in [6.45, 7) is 5.01. The van der Waals surface area contributed by atoms with Crippen LogP contribution >= 0.6 is 0 Å². The molecule has 1 aromatic carbocycles. The fourth-order valence-corrected chi connectivity index (χ4v) is 2.59. The minimum absolute atomic E-state index is 0.512. The first-order chi connectivity index (χ1) is 9.74. The Balaban J connectivity index is 1.81. The van der Waals surface area contributed by atoms with Crippen LogP contribution in [0.1, 0.15) is 18.9 Å². The van der Waals surface area contributed by atoms with Gasteiger partial charge in [0.15, 0.2) is 11.5 Å².